The number of fused-ring (bicyclic) bond motifs is 1. The van der Waals surface area contributed by atoms with Crippen LogP contribution in [0.5, 0.6) is 0 Å². The number of oxazole rings is 1. The van der Waals surface area contributed by atoms with Crippen molar-refractivity contribution in [3.8, 4) is 11.5 Å². The highest BCUT2D eigenvalue weighted by atomic mass is 35.5. The third kappa shape index (κ3) is 4.77. The number of amides is 1. The molecule has 0 aliphatic carbocycles. The maximum atomic E-state index is 13.9. The maximum absolute atomic E-state index is 13.9. The Bertz CT molecular complexity index is 1500. The second kappa shape index (κ2) is 10.2. The first-order valence-corrected chi connectivity index (χ1v) is 12.9. The predicted molar refractivity (Wildman–Crippen MR) is 151 cm³/mol. The molecule has 5 heteroatoms. The van der Waals surface area contributed by atoms with Crippen molar-refractivity contribution >= 4 is 34.3 Å². The van der Waals surface area contributed by atoms with Crippen molar-refractivity contribution in [3.05, 3.63) is 119 Å². The van der Waals surface area contributed by atoms with Crippen molar-refractivity contribution in [1.82, 2.24) is 4.98 Å². The van der Waals surface area contributed by atoms with E-state index in [-0.39, 0.29) is 5.91 Å². The molecule has 1 heterocycles. The molecule has 4 aromatic carbocycles. The molecule has 1 amide bonds. The van der Waals surface area contributed by atoms with E-state index in [1.54, 1.807) is 6.07 Å². The first-order chi connectivity index (χ1) is 17.9. The number of carbonyl (C=O) groups excluding carboxylic acids is 1. The third-order valence-electron chi connectivity index (χ3n) is 7.21. The Hall–Kier alpha value is -3.89. The van der Waals surface area contributed by atoms with E-state index in [4.69, 9.17) is 21.0 Å². The molecule has 0 aliphatic rings. The van der Waals surface area contributed by atoms with Crippen LogP contribution in [0.1, 0.15) is 49.8 Å². The van der Waals surface area contributed by atoms with Gasteiger partial charge in [-0.3, -0.25) is 4.79 Å². The van der Waals surface area contributed by atoms with E-state index in [9.17, 15) is 4.79 Å². The monoisotopic (exact) mass is 508 g/mol. The highest BCUT2D eigenvalue weighted by Crippen LogP contribution is 2.36. The summed E-state index contributed by atoms with van der Waals surface area (Å²) in [6.45, 7) is 6.31. The number of rotatable bonds is 7. The van der Waals surface area contributed by atoms with Gasteiger partial charge in [0, 0.05) is 5.56 Å². The molecule has 4 nitrogen and oxygen atoms in total. The van der Waals surface area contributed by atoms with Gasteiger partial charge in [-0.15, -0.1) is 0 Å². The minimum Gasteiger partial charge on any atom is -0.436 e. The van der Waals surface area contributed by atoms with Crippen LogP contribution in [0.15, 0.2) is 101 Å². The molecule has 0 aliphatic heterocycles. The second-order valence-electron chi connectivity index (χ2n) is 9.56. The average Bonchev–Trinajstić information content (AvgIpc) is 3.37. The Labute approximate surface area is 222 Å². The van der Waals surface area contributed by atoms with Crippen LogP contribution in [0.4, 0.5) is 5.69 Å². The molecule has 0 radical (unpaired) electrons. The predicted octanol–water partition coefficient (Wildman–Crippen LogP) is 8.61. The number of anilines is 1. The van der Waals surface area contributed by atoms with Crippen LogP contribution < -0.4 is 5.32 Å². The summed E-state index contributed by atoms with van der Waals surface area (Å²) in [5.41, 5.74) is 4.87. The maximum Gasteiger partial charge on any atom is 0.239 e. The molecule has 0 saturated carbocycles. The first kappa shape index (κ1) is 24.8. The van der Waals surface area contributed by atoms with Crippen LogP contribution in [0.3, 0.4) is 0 Å². The minimum absolute atomic E-state index is 0.181. The molecule has 1 atom stereocenters. The van der Waals surface area contributed by atoms with E-state index in [0.29, 0.717) is 22.5 Å². The van der Waals surface area contributed by atoms with Gasteiger partial charge < -0.3 is 9.73 Å². The van der Waals surface area contributed by atoms with Gasteiger partial charge in [-0.2, -0.15) is 0 Å². The Balaban J connectivity index is 1.50. The summed E-state index contributed by atoms with van der Waals surface area (Å²) >= 11 is 6.55. The van der Waals surface area contributed by atoms with Crippen molar-refractivity contribution in [2.75, 3.05) is 5.32 Å². The summed E-state index contributed by atoms with van der Waals surface area (Å²) in [6.07, 6.45) is 1.06. The van der Waals surface area contributed by atoms with Crippen LogP contribution in [0.25, 0.3) is 22.6 Å². The molecule has 5 aromatic rings. The fourth-order valence-electron chi connectivity index (χ4n) is 4.58. The molecule has 0 bridgehead atoms. The van der Waals surface area contributed by atoms with Gasteiger partial charge in [-0.25, -0.2) is 4.98 Å². The summed E-state index contributed by atoms with van der Waals surface area (Å²) in [5, 5.41) is 3.52. The van der Waals surface area contributed by atoms with E-state index in [1.165, 1.54) is 5.56 Å². The van der Waals surface area contributed by atoms with Crippen molar-refractivity contribution < 1.29 is 9.21 Å². The average molecular weight is 509 g/mol. The number of carbonyl (C=O) groups is 1. The molecular weight excluding hydrogens is 480 g/mol. The lowest BCUT2D eigenvalue weighted by Gasteiger charge is -2.30. The second-order valence-corrected chi connectivity index (χ2v) is 9.97. The summed E-state index contributed by atoms with van der Waals surface area (Å²) in [4.78, 5) is 18.6. The quantitative estimate of drug-likeness (QED) is 0.239. The zero-order chi connectivity index (χ0) is 26.0. The lowest BCUT2D eigenvalue weighted by atomic mass is 9.75. The molecule has 0 spiro atoms. The molecule has 0 fully saturated rings. The highest BCUT2D eigenvalue weighted by molar-refractivity contribution is 6.34. The smallest absolute Gasteiger partial charge is 0.239 e. The van der Waals surface area contributed by atoms with Gasteiger partial charge in [-0.1, -0.05) is 92.2 Å². The van der Waals surface area contributed by atoms with Crippen molar-refractivity contribution in [2.45, 2.75) is 38.5 Å². The third-order valence-corrected chi connectivity index (χ3v) is 7.54. The lowest BCUT2D eigenvalue weighted by Crippen LogP contribution is -2.38. The Morgan fingerprint density at radius 2 is 1.59 bits per heavy atom. The summed E-state index contributed by atoms with van der Waals surface area (Å²) in [5.74, 6) is 0.752. The van der Waals surface area contributed by atoms with Crippen LogP contribution in [0, 0.1) is 0 Å². The van der Waals surface area contributed by atoms with Gasteiger partial charge in [0.05, 0.1) is 16.1 Å². The molecule has 186 valence electrons. The van der Waals surface area contributed by atoms with Crippen LogP contribution in [0.2, 0.25) is 5.02 Å². The van der Waals surface area contributed by atoms with Gasteiger partial charge in [0.1, 0.15) is 5.52 Å². The summed E-state index contributed by atoms with van der Waals surface area (Å²) in [7, 11) is 0. The zero-order valence-corrected chi connectivity index (χ0v) is 21.9. The van der Waals surface area contributed by atoms with Crippen molar-refractivity contribution in [2.24, 2.45) is 0 Å². The van der Waals surface area contributed by atoms with Gasteiger partial charge in [-0.05, 0) is 66.3 Å². The number of hydrogen-bond acceptors (Lipinski definition) is 3. The van der Waals surface area contributed by atoms with Gasteiger partial charge in [0.25, 0.3) is 0 Å². The fraction of sp³-hybridized carbons (Fsp3) is 0.188. The highest BCUT2D eigenvalue weighted by Gasteiger charge is 2.37. The normalized spacial score (nSPS) is 12.4. The molecule has 1 N–H and O–H groups in total. The molecule has 5 rings (SSSR count). The number of nitrogens with zero attached hydrogens (tertiary/aromatic N) is 1. The lowest BCUT2D eigenvalue weighted by molar-refractivity contribution is -0.119. The van der Waals surface area contributed by atoms with Gasteiger partial charge in [0.2, 0.25) is 11.8 Å². The van der Waals surface area contributed by atoms with E-state index in [0.717, 1.165) is 34.2 Å². The van der Waals surface area contributed by atoms with E-state index < -0.39 is 5.41 Å². The molecule has 37 heavy (non-hydrogen) atoms. The van der Waals surface area contributed by atoms with Crippen LogP contribution in [-0.4, -0.2) is 10.9 Å². The molecule has 1 unspecified atom stereocenters. The minimum atomic E-state index is -0.925. The van der Waals surface area contributed by atoms with E-state index in [2.05, 4.69) is 31.3 Å². The van der Waals surface area contributed by atoms with Gasteiger partial charge in [0.15, 0.2) is 5.58 Å². The molecular formula is C32H29ClN2O2. The summed E-state index contributed by atoms with van der Waals surface area (Å²) in [6, 6.07) is 31.1. The standard InChI is InChI=1S/C32H29ClN2O2/c1-4-21(2)22-16-18-29-28(19-22)34-30(37-29)23-15-17-26(33)27(20-23)35-31(36)32(3,24-11-7-5-8-12-24)25-13-9-6-10-14-25/h5-21H,4H2,1-3H3,(H,35,36). The SMILES string of the molecule is CCC(C)c1ccc2oc(-c3ccc(Cl)c(NC(=O)C(C)(c4ccccc4)c4ccccc4)c3)nc2c1. The number of nitrogens with one attached hydrogen (secondary N) is 1. The summed E-state index contributed by atoms with van der Waals surface area (Å²) < 4.78 is 6.06. The number of hydrogen-bond donors (Lipinski definition) is 1. The number of halogens is 1. The topological polar surface area (TPSA) is 55.1 Å². The Morgan fingerprint density at radius 1 is 0.946 bits per heavy atom. The molecule has 1 aromatic heterocycles. The van der Waals surface area contributed by atoms with Crippen molar-refractivity contribution in [1.29, 1.82) is 0 Å². The first-order valence-electron chi connectivity index (χ1n) is 12.5. The number of aromatic nitrogens is 1. The largest absolute Gasteiger partial charge is 0.436 e. The van der Waals surface area contributed by atoms with Crippen molar-refractivity contribution in [3.63, 3.8) is 0 Å². The van der Waals surface area contributed by atoms with Crippen LogP contribution in [-0.2, 0) is 10.2 Å². The van der Waals surface area contributed by atoms with Gasteiger partial charge >= 0.3 is 0 Å². The zero-order valence-electron chi connectivity index (χ0n) is 21.2. The Morgan fingerprint density at radius 3 is 2.22 bits per heavy atom. The van der Waals surface area contributed by atoms with E-state index in [1.807, 2.05) is 85.8 Å². The molecule has 0 saturated heterocycles. The number of benzene rings is 4. The van der Waals surface area contributed by atoms with E-state index >= 15 is 0 Å². The fourth-order valence-corrected chi connectivity index (χ4v) is 4.75. The Kier molecular flexibility index (Phi) is 6.86. The van der Waals surface area contributed by atoms with Crippen LogP contribution >= 0.6 is 11.6 Å².